The maximum Gasteiger partial charge on any atom is 0.123 e. The van der Waals surface area contributed by atoms with Crippen LogP contribution in [0.25, 0.3) is 0 Å². The van der Waals surface area contributed by atoms with Gasteiger partial charge in [0.05, 0.1) is 7.11 Å². The van der Waals surface area contributed by atoms with Crippen molar-refractivity contribution in [2.75, 3.05) is 7.11 Å². The summed E-state index contributed by atoms with van der Waals surface area (Å²) in [5, 5.41) is 8.44. The molecule has 2 N–H and O–H groups in total. The topological polar surface area (TPSA) is 59.0 Å². The average molecular weight is 156 g/mol. The highest BCUT2D eigenvalue weighted by atomic mass is 32.1. The van der Waals surface area contributed by atoms with Crippen molar-refractivity contribution in [3.05, 3.63) is 11.3 Å². The van der Waals surface area contributed by atoms with Gasteiger partial charge in [0.15, 0.2) is 0 Å². The van der Waals surface area contributed by atoms with Gasteiger partial charge in [-0.1, -0.05) is 12.2 Å². The van der Waals surface area contributed by atoms with Gasteiger partial charge in [-0.05, 0) is 6.92 Å². The molecule has 3 nitrogen and oxygen atoms in total. The lowest BCUT2D eigenvalue weighted by Crippen LogP contribution is -2.12. The number of nitriles is 1. The van der Waals surface area contributed by atoms with E-state index in [1.54, 1.807) is 6.92 Å². The Kier molecular flexibility index (Phi) is 3.44. The number of ether oxygens (including phenoxy) is 1. The second-order valence-corrected chi connectivity index (χ2v) is 2.05. The van der Waals surface area contributed by atoms with Gasteiger partial charge in [-0.25, -0.2) is 0 Å². The van der Waals surface area contributed by atoms with Crippen LogP contribution < -0.4 is 5.73 Å². The first-order valence-electron chi connectivity index (χ1n) is 2.58. The van der Waals surface area contributed by atoms with Crippen molar-refractivity contribution in [1.29, 1.82) is 5.26 Å². The number of nitrogens with zero attached hydrogens (tertiary/aromatic N) is 1. The van der Waals surface area contributed by atoms with E-state index in [0.717, 1.165) is 0 Å². The Hall–Kier alpha value is -1.08. The van der Waals surface area contributed by atoms with Gasteiger partial charge in [0.25, 0.3) is 0 Å². The number of rotatable bonds is 2. The van der Waals surface area contributed by atoms with Crippen molar-refractivity contribution in [1.82, 2.24) is 0 Å². The highest BCUT2D eigenvalue weighted by molar-refractivity contribution is 7.80. The maximum atomic E-state index is 8.44. The van der Waals surface area contributed by atoms with Gasteiger partial charge in [0.1, 0.15) is 22.4 Å². The van der Waals surface area contributed by atoms with Crippen molar-refractivity contribution in [2.24, 2.45) is 5.73 Å². The summed E-state index contributed by atoms with van der Waals surface area (Å²) in [5.41, 5.74) is 5.43. The molecule has 0 fully saturated rings. The van der Waals surface area contributed by atoms with Crippen LogP contribution in [0.3, 0.4) is 0 Å². The number of methoxy groups -OCH3 is 1. The summed E-state index contributed by atoms with van der Waals surface area (Å²) < 4.78 is 4.75. The number of nitrogens with two attached hydrogens (primary N) is 1. The first kappa shape index (κ1) is 8.92. The summed E-state index contributed by atoms with van der Waals surface area (Å²) in [6.45, 7) is 1.64. The minimum absolute atomic E-state index is 0.0712. The van der Waals surface area contributed by atoms with Gasteiger partial charge in [0.2, 0.25) is 0 Å². The van der Waals surface area contributed by atoms with Crippen molar-refractivity contribution >= 4 is 17.2 Å². The standard InChI is InChI=1S/C6H8N2OS/c1-4(9-2)5(3-7)6(8)10/h1-2H3,(H2,8,10)/b5-4-. The molecular formula is C6H8N2OS. The van der Waals surface area contributed by atoms with Gasteiger partial charge in [-0.2, -0.15) is 5.26 Å². The average Bonchev–Trinajstić information content (AvgIpc) is 1.88. The number of allylic oxidation sites excluding steroid dienone is 1. The minimum Gasteiger partial charge on any atom is -0.500 e. The Balaban J connectivity index is 4.68. The number of hydrogen-bond donors (Lipinski definition) is 1. The zero-order valence-electron chi connectivity index (χ0n) is 5.84. The second-order valence-electron chi connectivity index (χ2n) is 1.61. The van der Waals surface area contributed by atoms with Gasteiger partial charge >= 0.3 is 0 Å². The zero-order valence-corrected chi connectivity index (χ0v) is 6.66. The fraction of sp³-hybridized carbons (Fsp3) is 0.333. The van der Waals surface area contributed by atoms with Gasteiger partial charge in [-0.15, -0.1) is 0 Å². The first-order valence-corrected chi connectivity index (χ1v) is 2.99. The fourth-order valence-corrected chi connectivity index (χ4v) is 0.599. The molecule has 0 aromatic rings. The fourth-order valence-electron chi connectivity index (χ4n) is 0.409. The molecule has 0 aliphatic heterocycles. The Morgan fingerprint density at radius 3 is 2.30 bits per heavy atom. The van der Waals surface area contributed by atoms with Crippen LogP contribution in [0.5, 0.6) is 0 Å². The van der Waals surface area contributed by atoms with Crippen LogP contribution in [0.1, 0.15) is 6.92 Å². The van der Waals surface area contributed by atoms with E-state index >= 15 is 0 Å². The SMILES string of the molecule is CO/C(C)=C(/C#N)C(N)=S. The molecule has 0 aliphatic rings. The van der Waals surface area contributed by atoms with E-state index in [2.05, 4.69) is 12.2 Å². The Labute approximate surface area is 65.1 Å². The monoisotopic (exact) mass is 156 g/mol. The lowest BCUT2D eigenvalue weighted by Gasteiger charge is -2.00. The summed E-state index contributed by atoms with van der Waals surface area (Å²) in [6.07, 6.45) is 0. The Bertz CT molecular complexity index is 214. The zero-order chi connectivity index (χ0) is 8.15. The third-order valence-corrected chi connectivity index (χ3v) is 1.22. The van der Waals surface area contributed by atoms with E-state index in [-0.39, 0.29) is 10.6 Å². The first-order chi connectivity index (χ1) is 4.63. The summed E-state index contributed by atoms with van der Waals surface area (Å²) in [6, 6.07) is 1.84. The molecule has 54 valence electrons. The van der Waals surface area contributed by atoms with Gasteiger partial charge < -0.3 is 10.5 Å². The van der Waals surface area contributed by atoms with Crippen LogP contribution in [0, 0.1) is 11.3 Å². The molecule has 0 bridgehead atoms. The normalized spacial score (nSPS) is 11.3. The Morgan fingerprint density at radius 2 is 2.20 bits per heavy atom. The van der Waals surface area contributed by atoms with Crippen LogP contribution in [-0.4, -0.2) is 12.1 Å². The predicted molar refractivity (Wildman–Crippen MR) is 42.1 cm³/mol. The molecule has 0 aliphatic carbocycles. The minimum atomic E-state index is 0.0712. The third kappa shape index (κ3) is 2.03. The molecule has 0 atom stereocenters. The molecule has 10 heavy (non-hydrogen) atoms. The van der Waals surface area contributed by atoms with Crippen LogP contribution in [0.4, 0.5) is 0 Å². The lowest BCUT2D eigenvalue weighted by molar-refractivity contribution is 0.292. The van der Waals surface area contributed by atoms with E-state index in [9.17, 15) is 0 Å². The van der Waals surface area contributed by atoms with E-state index < -0.39 is 0 Å². The second kappa shape index (κ2) is 3.85. The molecule has 0 radical (unpaired) electrons. The summed E-state index contributed by atoms with van der Waals surface area (Å²) in [5.74, 6) is 0.454. The van der Waals surface area contributed by atoms with Crippen molar-refractivity contribution in [3.8, 4) is 6.07 Å². The van der Waals surface area contributed by atoms with Crippen LogP contribution in [-0.2, 0) is 4.74 Å². The summed E-state index contributed by atoms with van der Waals surface area (Å²) in [4.78, 5) is 0.0712. The maximum absolute atomic E-state index is 8.44. The predicted octanol–water partition coefficient (Wildman–Crippen LogP) is 0.716. The molecule has 4 heteroatoms. The summed E-state index contributed by atoms with van der Waals surface area (Å²) in [7, 11) is 1.46. The molecular weight excluding hydrogens is 148 g/mol. The molecule has 0 aromatic carbocycles. The highest BCUT2D eigenvalue weighted by Gasteiger charge is 2.03. The molecule has 0 saturated heterocycles. The quantitative estimate of drug-likeness (QED) is 0.277. The summed E-state index contributed by atoms with van der Waals surface area (Å²) >= 11 is 4.58. The largest absolute Gasteiger partial charge is 0.500 e. The molecule has 0 saturated carbocycles. The molecule has 0 aromatic heterocycles. The lowest BCUT2D eigenvalue weighted by atomic mass is 10.2. The van der Waals surface area contributed by atoms with Gasteiger partial charge in [0, 0.05) is 0 Å². The number of hydrogen-bond acceptors (Lipinski definition) is 3. The molecule has 0 heterocycles. The highest BCUT2D eigenvalue weighted by Crippen LogP contribution is 2.02. The molecule has 0 rings (SSSR count). The van der Waals surface area contributed by atoms with E-state index in [0.29, 0.717) is 5.76 Å². The van der Waals surface area contributed by atoms with Crippen molar-refractivity contribution < 1.29 is 4.74 Å². The number of thiocarbonyl (C=S) groups is 1. The Morgan fingerprint density at radius 1 is 1.70 bits per heavy atom. The van der Waals surface area contributed by atoms with Crippen LogP contribution in [0.15, 0.2) is 11.3 Å². The van der Waals surface area contributed by atoms with Crippen LogP contribution in [0.2, 0.25) is 0 Å². The van der Waals surface area contributed by atoms with Crippen LogP contribution >= 0.6 is 12.2 Å². The van der Waals surface area contributed by atoms with Gasteiger partial charge in [-0.3, -0.25) is 0 Å². The smallest absolute Gasteiger partial charge is 0.123 e. The van der Waals surface area contributed by atoms with E-state index in [1.165, 1.54) is 7.11 Å². The van der Waals surface area contributed by atoms with E-state index in [4.69, 9.17) is 15.7 Å². The van der Waals surface area contributed by atoms with E-state index in [1.807, 2.05) is 6.07 Å². The van der Waals surface area contributed by atoms with Crippen molar-refractivity contribution in [2.45, 2.75) is 6.92 Å². The third-order valence-electron chi connectivity index (χ3n) is 1.02. The molecule has 0 spiro atoms. The molecule has 0 unspecified atom stereocenters. The molecule has 0 amide bonds. The van der Waals surface area contributed by atoms with Crippen molar-refractivity contribution in [3.63, 3.8) is 0 Å².